The first-order chi connectivity index (χ1) is 11.2. The maximum atomic E-state index is 12.4. The molecule has 1 aliphatic heterocycles. The molecule has 3 rings (SSSR count). The van der Waals surface area contributed by atoms with E-state index in [2.05, 4.69) is 22.0 Å². The molecule has 7 heteroatoms. The molecule has 1 unspecified atom stereocenters. The summed E-state index contributed by atoms with van der Waals surface area (Å²) in [5, 5.41) is 5.02. The molecule has 3 heterocycles. The maximum absolute atomic E-state index is 12.4. The number of thiazole rings is 1. The van der Waals surface area contributed by atoms with Crippen molar-refractivity contribution in [2.75, 3.05) is 13.1 Å². The molecule has 6 nitrogen and oxygen atoms in total. The molecular formula is C16H22N4O2S. The van der Waals surface area contributed by atoms with Crippen molar-refractivity contribution >= 4 is 17.2 Å². The highest BCUT2D eigenvalue weighted by atomic mass is 32.1. The first kappa shape index (κ1) is 16.1. The van der Waals surface area contributed by atoms with Gasteiger partial charge in [-0.1, -0.05) is 12.1 Å². The minimum absolute atomic E-state index is 0.166. The molecule has 0 N–H and O–H groups in total. The van der Waals surface area contributed by atoms with Crippen LogP contribution in [0.1, 0.15) is 53.7 Å². The molecule has 2 aromatic rings. The van der Waals surface area contributed by atoms with Gasteiger partial charge in [0.2, 0.25) is 11.8 Å². The number of amides is 1. The number of hydrogen-bond acceptors (Lipinski definition) is 6. The Balaban J connectivity index is 1.54. The number of aryl methyl sites for hydroxylation is 3. The van der Waals surface area contributed by atoms with E-state index >= 15 is 0 Å². The van der Waals surface area contributed by atoms with E-state index in [4.69, 9.17) is 4.52 Å². The number of piperidine rings is 1. The Kier molecular flexibility index (Phi) is 5.05. The number of nitrogens with zero attached hydrogens (tertiary/aromatic N) is 4. The van der Waals surface area contributed by atoms with Gasteiger partial charge >= 0.3 is 0 Å². The topological polar surface area (TPSA) is 72.1 Å². The molecule has 0 aromatic carbocycles. The fourth-order valence-corrected chi connectivity index (χ4v) is 3.77. The molecule has 23 heavy (non-hydrogen) atoms. The summed E-state index contributed by atoms with van der Waals surface area (Å²) in [7, 11) is 0. The van der Waals surface area contributed by atoms with Gasteiger partial charge in [-0.05, 0) is 19.8 Å². The van der Waals surface area contributed by atoms with E-state index in [1.54, 1.807) is 11.3 Å². The third-order valence-electron chi connectivity index (χ3n) is 4.14. The zero-order valence-electron chi connectivity index (χ0n) is 13.6. The fraction of sp³-hybridized carbons (Fsp3) is 0.625. The largest absolute Gasteiger partial charge is 0.342 e. The summed E-state index contributed by atoms with van der Waals surface area (Å²) in [6.45, 7) is 5.66. The first-order valence-electron chi connectivity index (χ1n) is 8.17. The minimum atomic E-state index is 0.166. The number of likely N-dealkylation sites (tertiary alicyclic amines) is 1. The molecule has 0 bridgehead atoms. The van der Waals surface area contributed by atoms with Crippen LogP contribution in [0.5, 0.6) is 0 Å². The van der Waals surface area contributed by atoms with Crippen LogP contribution in [0.2, 0.25) is 0 Å². The van der Waals surface area contributed by atoms with Crippen LogP contribution in [0.3, 0.4) is 0 Å². The molecule has 0 radical (unpaired) electrons. The zero-order valence-corrected chi connectivity index (χ0v) is 14.4. The van der Waals surface area contributed by atoms with E-state index < -0.39 is 0 Å². The van der Waals surface area contributed by atoms with Gasteiger partial charge in [-0.3, -0.25) is 4.79 Å². The second-order valence-electron chi connectivity index (χ2n) is 5.95. The Morgan fingerprint density at radius 2 is 2.39 bits per heavy atom. The van der Waals surface area contributed by atoms with Crippen molar-refractivity contribution in [3.63, 3.8) is 0 Å². The summed E-state index contributed by atoms with van der Waals surface area (Å²) in [6.07, 6.45) is 5.76. The van der Waals surface area contributed by atoms with Crippen molar-refractivity contribution in [3.8, 4) is 0 Å². The van der Waals surface area contributed by atoms with Crippen LogP contribution in [0, 0.1) is 6.92 Å². The number of rotatable bonds is 5. The van der Waals surface area contributed by atoms with Crippen molar-refractivity contribution in [3.05, 3.63) is 27.8 Å². The Morgan fingerprint density at radius 3 is 3.09 bits per heavy atom. The van der Waals surface area contributed by atoms with Crippen LogP contribution < -0.4 is 0 Å². The van der Waals surface area contributed by atoms with Gasteiger partial charge in [0.1, 0.15) is 0 Å². The van der Waals surface area contributed by atoms with Gasteiger partial charge < -0.3 is 9.42 Å². The Bertz CT molecular complexity index is 667. The predicted octanol–water partition coefficient (Wildman–Crippen LogP) is 2.74. The SMILES string of the molecule is CCc1noc(CCC(=O)N2CCCC(c3ncc(C)s3)C2)n1. The van der Waals surface area contributed by atoms with Crippen LogP contribution in [-0.4, -0.2) is 39.0 Å². The Labute approximate surface area is 139 Å². The van der Waals surface area contributed by atoms with Gasteiger partial charge in [-0.15, -0.1) is 11.3 Å². The lowest BCUT2D eigenvalue weighted by Crippen LogP contribution is -2.39. The average Bonchev–Trinajstić information content (AvgIpc) is 3.21. The summed E-state index contributed by atoms with van der Waals surface area (Å²) in [5.74, 6) is 1.80. The van der Waals surface area contributed by atoms with E-state index in [-0.39, 0.29) is 5.91 Å². The van der Waals surface area contributed by atoms with Crippen molar-refractivity contribution in [1.29, 1.82) is 0 Å². The molecular weight excluding hydrogens is 312 g/mol. The highest BCUT2D eigenvalue weighted by molar-refractivity contribution is 7.11. The molecule has 0 aliphatic carbocycles. The van der Waals surface area contributed by atoms with Crippen molar-refractivity contribution < 1.29 is 9.32 Å². The van der Waals surface area contributed by atoms with Crippen LogP contribution in [-0.2, 0) is 17.6 Å². The molecule has 1 saturated heterocycles. The monoisotopic (exact) mass is 334 g/mol. The van der Waals surface area contributed by atoms with E-state index in [0.29, 0.717) is 30.5 Å². The molecule has 1 atom stereocenters. The molecule has 1 fully saturated rings. The standard InChI is InChI=1S/C16H22N4O2S/c1-3-13-18-14(22-19-13)6-7-15(21)20-8-4-5-12(10-20)16-17-9-11(2)23-16/h9,12H,3-8,10H2,1-2H3. The molecule has 124 valence electrons. The van der Waals surface area contributed by atoms with Gasteiger partial charge in [0.25, 0.3) is 0 Å². The van der Waals surface area contributed by atoms with E-state index in [9.17, 15) is 4.79 Å². The van der Waals surface area contributed by atoms with Gasteiger partial charge in [0.05, 0.1) is 5.01 Å². The smallest absolute Gasteiger partial charge is 0.227 e. The lowest BCUT2D eigenvalue weighted by Gasteiger charge is -2.31. The van der Waals surface area contributed by atoms with E-state index in [1.165, 1.54) is 4.88 Å². The van der Waals surface area contributed by atoms with E-state index in [1.807, 2.05) is 18.0 Å². The normalized spacial score (nSPS) is 18.3. The second kappa shape index (κ2) is 7.21. The Hall–Kier alpha value is -1.76. The van der Waals surface area contributed by atoms with Gasteiger partial charge in [0.15, 0.2) is 5.82 Å². The fourth-order valence-electron chi connectivity index (χ4n) is 2.87. The summed E-state index contributed by atoms with van der Waals surface area (Å²) in [4.78, 5) is 24.4. The highest BCUT2D eigenvalue weighted by Gasteiger charge is 2.26. The summed E-state index contributed by atoms with van der Waals surface area (Å²) < 4.78 is 5.15. The lowest BCUT2D eigenvalue weighted by atomic mass is 9.98. The maximum Gasteiger partial charge on any atom is 0.227 e. The average molecular weight is 334 g/mol. The predicted molar refractivity (Wildman–Crippen MR) is 87.4 cm³/mol. The number of carbonyl (C=O) groups excluding carboxylic acids is 1. The third-order valence-corrected chi connectivity index (χ3v) is 5.22. The lowest BCUT2D eigenvalue weighted by molar-refractivity contribution is -0.132. The molecule has 1 aliphatic rings. The molecule has 0 saturated carbocycles. The third kappa shape index (κ3) is 3.96. The van der Waals surface area contributed by atoms with Crippen LogP contribution in [0.15, 0.2) is 10.7 Å². The van der Waals surface area contributed by atoms with Gasteiger partial charge in [0, 0.05) is 49.3 Å². The van der Waals surface area contributed by atoms with Crippen molar-refractivity contribution in [2.45, 2.75) is 51.9 Å². The van der Waals surface area contributed by atoms with Crippen LogP contribution in [0.25, 0.3) is 0 Å². The highest BCUT2D eigenvalue weighted by Crippen LogP contribution is 2.30. The van der Waals surface area contributed by atoms with Gasteiger partial charge in [-0.2, -0.15) is 4.98 Å². The Morgan fingerprint density at radius 1 is 1.52 bits per heavy atom. The number of carbonyl (C=O) groups is 1. The van der Waals surface area contributed by atoms with Gasteiger partial charge in [-0.25, -0.2) is 4.98 Å². The summed E-state index contributed by atoms with van der Waals surface area (Å²) in [5.41, 5.74) is 0. The molecule has 1 amide bonds. The second-order valence-corrected chi connectivity index (χ2v) is 7.21. The number of aromatic nitrogens is 3. The minimum Gasteiger partial charge on any atom is -0.342 e. The summed E-state index contributed by atoms with van der Waals surface area (Å²) in [6, 6.07) is 0. The van der Waals surface area contributed by atoms with Crippen molar-refractivity contribution in [2.24, 2.45) is 0 Å². The quantitative estimate of drug-likeness (QED) is 0.840. The molecule has 2 aromatic heterocycles. The molecule has 0 spiro atoms. The van der Waals surface area contributed by atoms with Crippen molar-refractivity contribution in [1.82, 2.24) is 20.0 Å². The first-order valence-corrected chi connectivity index (χ1v) is 8.99. The van der Waals surface area contributed by atoms with Crippen LogP contribution >= 0.6 is 11.3 Å². The number of hydrogen-bond donors (Lipinski definition) is 0. The summed E-state index contributed by atoms with van der Waals surface area (Å²) >= 11 is 1.74. The van der Waals surface area contributed by atoms with E-state index in [0.717, 1.165) is 37.4 Å². The van der Waals surface area contributed by atoms with Crippen LogP contribution in [0.4, 0.5) is 0 Å². The zero-order chi connectivity index (χ0) is 16.2.